The van der Waals surface area contributed by atoms with Crippen molar-refractivity contribution in [2.24, 2.45) is 0 Å². The number of rotatable bonds is 7. The summed E-state index contributed by atoms with van der Waals surface area (Å²) < 4.78 is 15.8. The Morgan fingerprint density at radius 3 is 2.75 bits per heavy atom. The smallest absolute Gasteiger partial charge is 0.338 e. The highest BCUT2D eigenvalue weighted by molar-refractivity contribution is 5.92. The van der Waals surface area contributed by atoms with E-state index < -0.39 is 5.97 Å². The Morgan fingerprint density at radius 1 is 1.14 bits per heavy atom. The first-order valence-corrected chi connectivity index (χ1v) is 9.47. The van der Waals surface area contributed by atoms with Gasteiger partial charge in [0.05, 0.1) is 25.3 Å². The number of amides is 1. The number of nitrogens with one attached hydrogen (secondary N) is 1. The van der Waals surface area contributed by atoms with Crippen LogP contribution in [0.4, 0.5) is 0 Å². The van der Waals surface area contributed by atoms with Crippen LogP contribution >= 0.6 is 0 Å². The van der Waals surface area contributed by atoms with Crippen molar-refractivity contribution in [3.8, 4) is 11.5 Å². The highest BCUT2D eigenvalue weighted by Gasteiger charge is 2.22. The van der Waals surface area contributed by atoms with E-state index in [-0.39, 0.29) is 18.6 Å². The van der Waals surface area contributed by atoms with Crippen molar-refractivity contribution in [2.75, 3.05) is 20.3 Å². The maximum atomic E-state index is 12.3. The molecule has 1 amide bonds. The van der Waals surface area contributed by atoms with Gasteiger partial charge >= 0.3 is 5.97 Å². The molecule has 6 nitrogen and oxygen atoms in total. The Morgan fingerprint density at radius 2 is 1.96 bits per heavy atom. The van der Waals surface area contributed by atoms with Gasteiger partial charge in [0.1, 0.15) is 0 Å². The lowest BCUT2D eigenvalue weighted by molar-refractivity contribution is -0.125. The van der Waals surface area contributed by atoms with E-state index in [9.17, 15) is 9.59 Å². The van der Waals surface area contributed by atoms with Crippen LogP contribution in [0.15, 0.2) is 42.5 Å². The van der Waals surface area contributed by atoms with E-state index in [1.54, 1.807) is 18.2 Å². The van der Waals surface area contributed by atoms with Crippen molar-refractivity contribution >= 4 is 11.9 Å². The number of hydrogen-bond acceptors (Lipinski definition) is 5. The fourth-order valence-electron chi connectivity index (χ4n) is 3.43. The third-order valence-corrected chi connectivity index (χ3v) is 4.74. The van der Waals surface area contributed by atoms with Crippen LogP contribution in [0, 0.1) is 0 Å². The van der Waals surface area contributed by atoms with Gasteiger partial charge in [-0.15, -0.1) is 0 Å². The molecule has 0 radical (unpaired) electrons. The predicted octanol–water partition coefficient (Wildman–Crippen LogP) is 3.44. The van der Waals surface area contributed by atoms with Crippen LogP contribution in [0.5, 0.6) is 11.5 Å². The second-order valence-corrected chi connectivity index (χ2v) is 6.59. The van der Waals surface area contributed by atoms with E-state index in [0.717, 1.165) is 24.8 Å². The maximum Gasteiger partial charge on any atom is 0.338 e. The van der Waals surface area contributed by atoms with E-state index >= 15 is 0 Å². The molecule has 1 aliphatic carbocycles. The molecule has 2 aromatic rings. The molecule has 0 aliphatic heterocycles. The predicted molar refractivity (Wildman–Crippen MR) is 105 cm³/mol. The average molecular weight is 383 g/mol. The Labute approximate surface area is 164 Å². The molecule has 0 saturated heterocycles. The average Bonchev–Trinajstić information content (AvgIpc) is 2.72. The SMILES string of the molecule is CCOc1cc(C(=O)OCC(=O)NC2CCCc3ccccc32)ccc1OC. The largest absolute Gasteiger partial charge is 0.493 e. The van der Waals surface area contributed by atoms with Crippen LogP contribution in [0.2, 0.25) is 0 Å². The summed E-state index contributed by atoms with van der Waals surface area (Å²) in [6.07, 6.45) is 2.93. The van der Waals surface area contributed by atoms with Gasteiger partial charge in [-0.1, -0.05) is 24.3 Å². The summed E-state index contributed by atoms with van der Waals surface area (Å²) >= 11 is 0. The van der Waals surface area contributed by atoms with Crippen LogP contribution in [-0.4, -0.2) is 32.2 Å². The molecule has 3 rings (SSSR count). The molecule has 0 heterocycles. The van der Waals surface area contributed by atoms with E-state index in [1.807, 2.05) is 25.1 Å². The van der Waals surface area contributed by atoms with Gasteiger partial charge in [-0.05, 0) is 55.5 Å². The number of esters is 1. The Hall–Kier alpha value is -3.02. The number of aryl methyl sites for hydroxylation is 1. The number of fused-ring (bicyclic) bond motifs is 1. The summed E-state index contributed by atoms with van der Waals surface area (Å²) in [4.78, 5) is 24.6. The van der Waals surface area contributed by atoms with Crippen LogP contribution in [0.25, 0.3) is 0 Å². The zero-order chi connectivity index (χ0) is 19.9. The number of methoxy groups -OCH3 is 1. The molecule has 0 spiro atoms. The van der Waals surface area contributed by atoms with Crippen molar-refractivity contribution in [2.45, 2.75) is 32.2 Å². The number of ether oxygens (including phenoxy) is 3. The van der Waals surface area contributed by atoms with Crippen LogP contribution < -0.4 is 14.8 Å². The lowest BCUT2D eigenvalue weighted by Gasteiger charge is -2.26. The fourth-order valence-corrected chi connectivity index (χ4v) is 3.43. The Balaban J connectivity index is 1.58. The van der Waals surface area contributed by atoms with Gasteiger partial charge < -0.3 is 19.5 Å². The second kappa shape index (κ2) is 9.26. The summed E-state index contributed by atoms with van der Waals surface area (Å²) in [5.41, 5.74) is 2.71. The normalized spacial score (nSPS) is 15.3. The fraction of sp³-hybridized carbons (Fsp3) is 0.364. The number of carbonyl (C=O) groups excluding carboxylic acids is 2. The summed E-state index contributed by atoms with van der Waals surface area (Å²) in [5, 5.41) is 2.97. The minimum absolute atomic E-state index is 0.0401. The second-order valence-electron chi connectivity index (χ2n) is 6.59. The summed E-state index contributed by atoms with van der Waals surface area (Å²) in [6.45, 7) is 1.96. The first kappa shape index (κ1) is 19.7. The molecule has 6 heteroatoms. The van der Waals surface area contributed by atoms with Gasteiger partial charge in [-0.25, -0.2) is 4.79 Å². The van der Waals surface area contributed by atoms with Crippen molar-refractivity contribution in [1.29, 1.82) is 0 Å². The van der Waals surface area contributed by atoms with E-state index in [4.69, 9.17) is 14.2 Å². The quantitative estimate of drug-likeness (QED) is 0.742. The maximum absolute atomic E-state index is 12.3. The highest BCUT2D eigenvalue weighted by atomic mass is 16.5. The zero-order valence-electron chi connectivity index (χ0n) is 16.2. The highest BCUT2D eigenvalue weighted by Crippen LogP contribution is 2.30. The van der Waals surface area contributed by atoms with Crippen molar-refractivity contribution in [1.82, 2.24) is 5.32 Å². The molecule has 1 N–H and O–H groups in total. The molecule has 0 aromatic heterocycles. The number of benzene rings is 2. The topological polar surface area (TPSA) is 73.9 Å². The lowest BCUT2D eigenvalue weighted by atomic mass is 9.88. The van der Waals surface area contributed by atoms with Crippen molar-refractivity contribution in [3.63, 3.8) is 0 Å². The number of carbonyl (C=O) groups is 2. The third kappa shape index (κ3) is 4.63. The summed E-state index contributed by atoms with van der Waals surface area (Å²) in [7, 11) is 1.53. The molecule has 0 fully saturated rings. The molecular weight excluding hydrogens is 358 g/mol. The van der Waals surface area contributed by atoms with Gasteiger partial charge in [0.25, 0.3) is 5.91 Å². The third-order valence-electron chi connectivity index (χ3n) is 4.74. The van der Waals surface area contributed by atoms with Gasteiger partial charge in [0, 0.05) is 0 Å². The van der Waals surface area contributed by atoms with Gasteiger partial charge in [-0.3, -0.25) is 4.79 Å². The Kier molecular flexibility index (Phi) is 6.53. The Bertz CT molecular complexity index is 849. The minimum atomic E-state index is -0.581. The monoisotopic (exact) mass is 383 g/mol. The molecule has 0 bridgehead atoms. The lowest BCUT2D eigenvalue weighted by Crippen LogP contribution is -2.34. The van der Waals surface area contributed by atoms with Crippen molar-refractivity contribution in [3.05, 3.63) is 59.2 Å². The van der Waals surface area contributed by atoms with Crippen LogP contribution in [0.1, 0.15) is 47.3 Å². The first-order chi connectivity index (χ1) is 13.6. The molecule has 2 aromatic carbocycles. The standard InChI is InChI=1S/C22H25NO5/c1-3-27-20-13-16(11-12-19(20)26-2)22(25)28-14-21(24)23-18-10-6-8-15-7-4-5-9-17(15)18/h4-5,7,9,11-13,18H,3,6,8,10,14H2,1-2H3,(H,23,24). The van der Waals surface area contributed by atoms with Crippen molar-refractivity contribution < 1.29 is 23.8 Å². The minimum Gasteiger partial charge on any atom is -0.493 e. The van der Waals surface area contributed by atoms with Crippen LogP contribution in [0.3, 0.4) is 0 Å². The molecule has 1 unspecified atom stereocenters. The molecular formula is C22H25NO5. The van der Waals surface area contributed by atoms with Crippen LogP contribution in [-0.2, 0) is 16.0 Å². The zero-order valence-corrected chi connectivity index (χ0v) is 16.2. The first-order valence-electron chi connectivity index (χ1n) is 9.47. The molecule has 148 valence electrons. The summed E-state index contributed by atoms with van der Waals surface area (Å²) in [6, 6.07) is 12.9. The van der Waals surface area contributed by atoms with Gasteiger partial charge in [-0.2, -0.15) is 0 Å². The van der Waals surface area contributed by atoms with E-state index in [2.05, 4.69) is 11.4 Å². The number of hydrogen-bond donors (Lipinski definition) is 1. The van der Waals surface area contributed by atoms with E-state index in [0.29, 0.717) is 23.7 Å². The molecule has 28 heavy (non-hydrogen) atoms. The molecule has 0 saturated carbocycles. The summed E-state index contributed by atoms with van der Waals surface area (Å²) in [5.74, 6) is 0.103. The molecule has 1 aliphatic rings. The van der Waals surface area contributed by atoms with E-state index in [1.165, 1.54) is 12.7 Å². The van der Waals surface area contributed by atoms with Gasteiger partial charge in [0.2, 0.25) is 0 Å². The molecule has 1 atom stereocenters. The van der Waals surface area contributed by atoms with Gasteiger partial charge in [0.15, 0.2) is 18.1 Å².